The predicted octanol–water partition coefficient (Wildman–Crippen LogP) is 0.778. The summed E-state index contributed by atoms with van der Waals surface area (Å²) >= 11 is 0. The Hall–Kier alpha value is -2.37. The Kier molecular flexibility index (Phi) is 4.26. The van der Waals surface area contributed by atoms with Gasteiger partial charge < -0.3 is 15.5 Å². The van der Waals surface area contributed by atoms with Gasteiger partial charge in [0.15, 0.2) is 0 Å². The number of carbonyl (C=O) groups is 3. The molecule has 0 unspecified atom stereocenters. The zero-order valence-electron chi connectivity index (χ0n) is 12.4. The first kappa shape index (κ1) is 15.0. The van der Waals surface area contributed by atoms with Crippen molar-refractivity contribution < 1.29 is 14.4 Å². The maximum Gasteiger partial charge on any atom is 0.251 e. The number of anilines is 1. The summed E-state index contributed by atoms with van der Waals surface area (Å²) in [6.45, 7) is 1.65. The van der Waals surface area contributed by atoms with Crippen molar-refractivity contribution in [2.75, 3.05) is 19.4 Å². The van der Waals surface area contributed by atoms with Gasteiger partial charge in [0, 0.05) is 31.8 Å². The van der Waals surface area contributed by atoms with Gasteiger partial charge in [-0.05, 0) is 37.1 Å². The van der Waals surface area contributed by atoms with Crippen LogP contribution in [0.15, 0.2) is 18.2 Å². The van der Waals surface area contributed by atoms with E-state index >= 15 is 0 Å². The summed E-state index contributed by atoms with van der Waals surface area (Å²) in [4.78, 5) is 36.6. The third-order valence-electron chi connectivity index (χ3n) is 3.42. The first-order chi connectivity index (χ1) is 9.88. The molecule has 1 aliphatic heterocycles. The molecule has 1 aliphatic rings. The Morgan fingerprint density at radius 3 is 2.67 bits per heavy atom. The summed E-state index contributed by atoms with van der Waals surface area (Å²) in [5, 5.41) is 5.44. The standard InChI is InChI=1S/C15H19N3O3/c1-9(15(21)18(2)3)16-14(20)11-4-6-12-10(8-11)5-7-13(19)17-12/h4,6,8-9H,5,7H2,1-3H3,(H,16,20)(H,17,19)/t9-/m0/s1. The summed E-state index contributed by atoms with van der Waals surface area (Å²) in [7, 11) is 3.29. The van der Waals surface area contributed by atoms with Crippen molar-refractivity contribution >= 4 is 23.4 Å². The van der Waals surface area contributed by atoms with E-state index in [2.05, 4.69) is 10.6 Å². The van der Waals surface area contributed by atoms with Crippen LogP contribution in [-0.2, 0) is 16.0 Å². The van der Waals surface area contributed by atoms with Gasteiger partial charge in [-0.3, -0.25) is 14.4 Å². The fourth-order valence-electron chi connectivity index (χ4n) is 2.25. The highest BCUT2D eigenvalue weighted by Crippen LogP contribution is 2.23. The van der Waals surface area contributed by atoms with Crippen LogP contribution in [-0.4, -0.2) is 42.8 Å². The van der Waals surface area contributed by atoms with E-state index in [1.54, 1.807) is 39.2 Å². The Morgan fingerprint density at radius 1 is 1.29 bits per heavy atom. The number of benzene rings is 1. The molecule has 0 aliphatic carbocycles. The Balaban J connectivity index is 2.10. The van der Waals surface area contributed by atoms with Gasteiger partial charge in [0.25, 0.3) is 5.91 Å². The third-order valence-corrected chi connectivity index (χ3v) is 3.42. The van der Waals surface area contributed by atoms with Gasteiger partial charge in [0.2, 0.25) is 11.8 Å². The molecule has 1 heterocycles. The molecule has 1 aromatic rings. The van der Waals surface area contributed by atoms with Crippen LogP contribution in [0, 0.1) is 0 Å². The maximum absolute atomic E-state index is 12.2. The molecule has 3 amide bonds. The number of fused-ring (bicyclic) bond motifs is 1. The number of nitrogens with zero attached hydrogens (tertiary/aromatic N) is 1. The van der Waals surface area contributed by atoms with E-state index in [0.717, 1.165) is 11.3 Å². The van der Waals surface area contributed by atoms with Crippen molar-refractivity contribution in [2.24, 2.45) is 0 Å². The number of amides is 3. The molecule has 1 aromatic carbocycles. The molecule has 2 rings (SSSR count). The lowest BCUT2D eigenvalue weighted by atomic mass is 10.00. The minimum atomic E-state index is -0.580. The van der Waals surface area contributed by atoms with Crippen LogP contribution in [0.5, 0.6) is 0 Å². The monoisotopic (exact) mass is 289 g/mol. The predicted molar refractivity (Wildman–Crippen MR) is 79.0 cm³/mol. The number of carbonyl (C=O) groups excluding carboxylic acids is 3. The lowest BCUT2D eigenvalue weighted by molar-refractivity contribution is -0.130. The summed E-state index contributed by atoms with van der Waals surface area (Å²) in [6, 6.07) is 4.55. The minimum absolute atomic E-state index is 0.00935. The molecule has 1 atom stereocenters. The van der Waals surface area contributed by atoms with Gasteiger partial charge in [-0.25, -0.2) is 0 Å². The molecule has 0 aromatic heterocycles. The van der Waals surface area contributed by atoms with Crippen LogP contribution in [0.2, 0.25) is 0 Å². The van der Waals surface area contributed by atoms with Crippen LogP contribution in [0.3, 0.4) is 0 Å². The molecular formula is C15H19N3O3. The van der Waals surface area contributed by atoms with Crippen molar-refractivity contribution in [3.63, 3.8) is 0 Å². The van der Waals surface area contributed by atoms with Gasteiger partial charge in [-0.2, -0.15) is 0 Å². The lowest BCUT2D eigenvalue weighted by Crippen LogP contribution is -2.44. The van der Waals surface area contributed by atoms with Crippen LogP contribution in [0.25, 0.3) is 0 Å². The summed E-state index contributed by atoms with van der Waals surface area (Å²) in [5.74, 6) is -0.462. The normalized spacial score (nSPS) is 14.7. The van der Waals surface area contributed by atoms with Gasteiger partial charge in [-0.1, -0.05) is 0 Å². The zero-order chi connectivity index (χ0) is 15.6. The molecule has 112 valence electrons. The SMILES string of the molecule is C[C@H](NC(=O)c1ccc2c(c1)CCC(=O)N2)C(=O)N(C)C. The number of hydrogen-bond acceptors (Lipinski definition) is 3. The van der Waals surface area contributed by atoms with Gasteiger partial charge in [0.1, 0.15) is 6.04 Å². The molecule has 0 saturated heterocycles. The number of likely N-dealkylation sites (N-methyl/N-ethyl adjacent to an activating group) is 1. The molecule has 0 bridgehead atoms. The Bertz CT molecular complexity index is 596. The van der Waals surface area contributed by atoms with Crippen molar-refractivity contribution in [1.29, 1.82) is 0 Å². The molecule has 0 saturated carbocycles. The number of nitrogens with one attached hydrogen (secondary N) is 2. The second-order valence-corrected chi connectivity index (χ2v) is 5.35. The molecule has 6 heteroatoms. The van der Waals surface area contributed by atoms with Crippen molar-refractivity contribution in [3.05, 3.63) is 29.3 Å². The van der Waals surface area contributed by atoms with E-state index in [9.17, 15) is 14.4 Å². The molecule has 0 radical (unpaired) electrons. The second-order valence-electron chi connectivity index (χ2n) is 5.35. The van der Waals surface area contributed by atoms with Gasteiger partial charge in [0.05, 0.1) is 0 Å². The van der Waals surface area contributed by atoms with E-state index in [1.165, 1.54) is 4.90 Å². The second kappa shape index (κ2) is 5.95. The zero-order valence-corrected chi connectivity index (χ0v) is 12.4. The molecule has 2 N–H and O–H groups in total. The topological polar surface area (TPSA) is 78.5 Å². The Morgan fingerprint density at radius 2 is 2.00 bits per heavy atom. The number of rotatable bonds is 3. The molecule has 0 fully saturated rings. The largest absolute Gasteiger partial charge is 0.347 e. The number of aryl methyl sites for hydroxylation is 1. The van der Waals surface area contributed by atoms with E-state index in [0.29, 0.717) is 18.4 Å². The lowest BCUT2D eigenvalue weighted by Gasteiger charge is -2.20. The molecular weight excluding hydrogens is 270 g/mol. The van der Waals surface area contributed by atoms with Crippen LogP contribution in [0.4, 0.5) is 5.69 Å². The number of hydrogen-bond donors (Lipinski definition) is 2. The molecule has 0 spiro atoms. The average molecular weight is 289 g/mol. The van der Waals surface area contributed by atoms with E-state index < -0.39 is 6.04 Å². The molecule has 21 heavy (non-hydrogen) atoms. The summed E-state index contributed by atoms with van der Waals surface area (Å²) in [6.07, 6.45) is 1.04. The molecule has 6 nitrogen and oxygen atoms in total. The highest BCUT2D eigenvalue weighted by Gasteiger charge is 2.20. The quantitative estimate of drug-likeness (QED) is 0.863. The summed E-state index contributed by atoms with van der Waals surface area (Å²) < 4.78 is 0. The van der Waals surface area contributed by atoms with Gasteiger partial charge in [-0.15, -0.1) is 0 Å². The van der Waals surface area contributed by atoms with E-state index in [-0.39, 0.29) is 17.7 Å². The van der Waals surface area contributed by atoms with Crippen LogP contribution < -0.4 is 10.6 Å². The van der Waals surface area contributed by atoms with Gasteiger partial charge >= 0.3 is 0 Å². The van der Waals surface area contributed by atoms with Crippen molar-refractivity contribution in [1.82, 2.24) is 10.2 Å². The maximum atomic E-state index is 12.2. The highest BCUT2D eigenvalue weighted by atomic mass is 16.2. The first-order valence-electron chi connectivity index (χ1n) is 6.83. The highest BCUT2D eigenvalue weighted by molar-refractivity contribution is 5.99. The average Bonchev–Trinajstić information content (AvgIpc) is 2.45. The smallest absolute Gasteiger partial charge is 0.251 e. The van der Waals surface area contributed by atoms with Crippen molar-refractivity contribution in [2.45, 2.75) is 25.8 Å². The first-order valence-corrected chi connectivity index (χ1v) is 6.83. The Labute approximate surface area is 123 Å². The summed E-state index contributed by atoms with van der Waals surface area (Å²) in [5.41, 5.74) is 2.18. The van der Waals surface area contributed by atoms with E-state index in [4.69, 9.17) is 0 Å². The van der Waals surface area contributed by atoms with Crippen LogP contribution >= 0.6 is 0 Å². The third kappa shape index (κ3) is 3.39. The fraction of sp³-hybridized carbons (Fsp3) is 0.400. The van der Waals surface area contributed by atoms with E-state index in [1.807, 2.05) is 0 Å². The van der Waals surface area contributed by atoms with Crippen LogP contribution in [0.1, 0.15) is 29.3 Å². The fourth-order valence-corrected chi connectivity index (χ4v) is 2.25. The van der Waals surface area contributed by atoms with Crippen molar-refractivity contribution in [3.8, 4) is 0 Å². The minimum Gasteiger partial charge on any atom is -0.347 e.